The first-order chi connectivity index (χ1) is 9.13. The Kier molecular flexibility index (Phi) is 4.64. The maximum Gasteiger partial charge on any atom is 0.203 e. The van der Waals surface area contributed by atoms with Crippen LogP contribution in [0.2, 0.25) is 0 Å². The van der Waals surface area contributed by atoms with Crippen molar-refractivity contribution in [3.05, 3.63) is 33.8 Å². The third-order valence-electron chi connectivity index (χ3n) is 3.43. The van der Waals surface area contributed by atoms with Gasteiger partial charge >= 0.3 is 0 Å². The topological polar surface area (TPSA) is 29.9 Å². The monoisotopic (exact) mass is 277 g/mol. The fourth-order valence-corrected chi connectivity index (χ4v) is 3.37. The van der Waals surface area contributed by atoms with Gasteiger partial charge in [-0.15, -0.1) is 11.3 Å². The molecule has 0 fully saturated rings. The predicted molar refractivity (Wildman–Crippen MR) is 83.2 cm³/mol. The van der Waals surface area contributed by atoms with Gasteiger partial charge in [0.2, 0.25) is 5.95 Å². The number of hydrogen-bond acceptors (Lipinski definition) is 3. The summed E-state index contributed by atoms with van der Waals surface area (Å²) in [5.74, 6) is 0.976. The number of aryl methyl sites for hydroxylation is 2. The summed E-state index contributed by atoms with van der Waals surface area (Å²) in [5.41, 5.74) is 1.40. The van der Waals surface area contributed by atoms with Crippen molar-refractivity contribution >= 4 is 17.3 Å². The lowest BCUT2D eigenvalue weighted by atomic mass is 10.1. The molecule has 0 aliphatic carbocycles. The molecule has 0 bridgehead atoms. The zero-order chi connectivity index (χ0) is 13.8. The largest absolute Gasteiger partial charge is 0.356 e. The van der Waals surface area contributed by atoms with Gasteiger partial charge < -0.3 is 9.88 Å². The SMILES string of the molecule is CCCCNc1nccn1C(C)c1cc(C)sc1C. The van der Waals surface area contributed by atoms with E-state index < -0.39 is 0 Å². The zero-order valence-corrected chi connectivity index (χ0v) is 13.0. The third kappa shape index (κ3) is 3.18. The second kappa shape index (κ2) is 6.24. The number of rotatable bonds is 6. The number of unbranched alkanes of at least 4 members (excludes halogenated alkanes) is 1. The molecule has 2 rings (SSSR count). The van der Waals surface area contributed by atoms with Gasteiger partial charge in [0.15, 0.2) is 0 Å². The standard InChI is InChI=1S/C15H23N3S/c1-5-6-7-16-15-17-8-9-18(15)12(3)14-10-11(2)19-13(14)4/h8-10,12H,5-7H2,1-4H3,(H,16,17). The maximum absolute atomic E-state index is 4.43. The average molecular weight is 277 g/mol. The van der Waals surface area contributed by atoms with Gasteiger partial charge in [-0.2, -0.15) is 0 Å². The van der Waals surface area contributed by atoms with Crippen molar-refractivity contribution in [3.63, 3.8) is 0 Å². The number of hydrogen-bond donors (Lipinski definition) is 1. The summed E-state index contributed by atoms with van der Waals surface area (Å²) >= 11 is 1.87. The highest BCUT2D eigenvalue weighted by atomic mass is 32.1. The highest BCUT2D eigenvalue weighted by Gasteiger charge is 2.15. The molecule has 2 aromatic rings. The Labute approximate surface area is 119 Å². The molecule has 1 unspecified atom stereocenters. The van der Waals surface area contributed by atoms with Gasteiger partial charge in [-0.25, -0.2) is 4.98 Å². The Balaban J connectivity index is 2.17. The quantitative estimate of drug-likeness (QED) is 0.794. The van der Waals surface area contributed by atoms with Crippen LogP contribution in [0.5, 0.6) is 0 Å². The fraction of sp³-hybridized carbons (Fsp3) is 0.533. The van der Waals surface area contributed by atoms with Crippen molar-refractivity contribution in [2.24, 2.45) is 0 Å². The van der Waals surface area contributed by atoms with Gasteiger partial charge in [-0.3, -0.25) is 0 Å². The third-order valence-corrected chi connectivity index (χ3v) is 4.41. The molecule has 0 amide bonds. The first kappa shape index (κ1) is 14.1. The van der Waals surface area contributed by atoms with Crippen LogP contribution in [0.25, 0.3) is 0 Å². The zero-order valence-electron chi connectivity index (χ0n) is 12.2. The van der Waals surface area contributed by atoms with E-state index in [-0.39, 0.29) is 0 Å². The summed E-state index contributed by atoms with van der Waals surface area (Å²) in [7, 11) is 0. The Bertz CT molecular complexity index is 527. The molecule has 0 aliphatic heterocycles. The van der Waals surface area contributed by atoms with Crippen molar-refractivity contribution in [3.8, 4) is 0 Å². The average Bonchev–Trinajstić information content (AvgIpc) is 2.95. The van der Waals surface area contributed by atoms with Crippen LogP contribution in [-0.2, 0) is 0 Å². The van der Waals surface area contributed by atoms with Crippen LogP contribution in [0.4, 0.5) is 5.95 Å². The molecule has 104 valence electrons. The Morgan fingerprint density at radius 2 is 2.21 bits per heavy atom. The highest BCUT2D eigenvalue weighted by Crippen LogP contribution is 2.30. The van der Waals surface area contributed by atoms with Crippen LogP contribution < -0.4 is 5.32 Å². The molecule has 0 saturated heterocycles. The molecular formula is C15H23N3S. The van der Waals surface area contributed by atoms with E-state index in [0.29, 0.717) is 6.04 Å². The molecule has 0 aromatic carbocycles. The molecule has 3 nitrogen and oxygen atoms in total. The van der Waals surface area contributed by atoms with Crippen molar-refractivity contribution < 1.29 is 0 Å². The molecule has 0 saturated carbocycles. The maximum atomic E-state index is 4.43. The van der Waals surface area contributed by atoms with Crippen molar-refractivity contribution in [1.29, 1.82) is 0 Å². The van der Waals surface area contributed by atoms with Gasteiger partial charge in [0.1, 0.15) is 0 Å². The Hall–Kier alpha value is -1.29. The molecule has 1 N–H and O–H groups in total. The molecule has 0 radical (unpaired) electrons. The van der Waals surface area contributed by atoms with Crippen molar-refractivity contribution in [2.45, 2.75) is 46.6 Å². The van der Waals surface area contributed by atoms with Crippen LogP contribution in [0.1, 0.15) is 48.0 Å². The summed E-state index contributed by atoms with van der Waals surface area (Å²) < 4.78 is 2.23. The van der Waals surface area contributed by atoms with Gasteiger partial charge in [-0.05, 0) is 38.8 Å². The second-order valence-electron chi connectivity index (χ2n) is 4.98. The van der Waals surface area contributed by atoms with E-state index in [9.17, 15) is 0 Å². The molecular weight excluding hydrogens is 254 g/mol. The lowest BCUT2D eigenvalue weighted by molar-refractivity contribution is 0.640. The summed E-state index contributed by atoms with van der Waals surface area (Å²) in [5, 5.41) is 3.43. The second-order valence-corrected chi connectivity index (χ2v) is 6.44. The van der Waals surface area contributed by atoms with E-state index in [0.717, 1.165) is 12.5 Å². The number of anilines is 1. The van der Waals surface area contributed by atoms with E-state index in [4.69, 9.17) is 0 Å². The van der Waals surface area contributed by atoms with Gasteiger partial charge in [0, 0.05) is 28.7 Å². The number of nitrogens with zero attached hydrogens (tertiary/aromatic N) is 2. The van der Waals surface area contributed by atoms with Crippen LogP contribution in [0.15, 0.2) is 18.5 Å². The van der Waals surface area contributed by atoms with E-state index in [1.165, 1.54) is 28.2 Å². The molecule has 1 atom stereocenters. The van der Waals surface area contributed by atoms with Crippen molar-refractivity contribution in [1.82, 2.24) is 9.55 Å². The summed E-state index contributed by atoms with van der Waals surface area (Å²) in [6.07, 6.45) is 6.31. The van der Waals surface area contributed by atoms with Gasteiger partial charge in [0.05, 0.1) is 6.04 Å². The van der Waals surface area contributed by atoms with Crippen LogP contribution >= 0.6 is 11.3 Å². The summed E-state index contributed by atoms with van der Waals surface area (Å²) in [4.78, 5) is 7.20. The number of imidazole rings is 1. The molecule has 4 heteroatoms. The normalized spacial score (nSPS) is 12.6. The van der Waals surface area contributed by atoms with Crippen LogP contribution in [0.3, 0.4) is 0 Å². The number of thiophene rings is 1. The molecule has 19 heavy (non-hydrogen) atoms. The van der Waals surface area contributed by atoms with Crippen molar-refractivity contribution in [2.75, 3.05) is 11.9 Å². The summed E-state index contributed by atoms with van der Waals surface area (Å²) in [6.45, 7) is 9.80. The lowest BCUT2D eigenvalue weighted by Crippen LogP contribution is -2.12. The minimum Gasteiger partial charge on any atom is -0.356 e. The smallest absolute Gasteiger partial charge is 0.203 e. The van der Waals surface area contributed by atoms with Gasteiger partial charge in [0.25, 0.3) is 0 Å². The lowest BCUT2D eigenvalue weighted by Gasteiger charge is -2.17. The molecule has 0 aliphatic rings. The minimum absolute atomic E-state index is 0.330. The minimum atomic E-state index is 0.330. The number of aromatic nitrogens is 2. The Morgan fingerprint density at radius 1 is 1.42 bits per heavy atom. The van der Waals surface area contributed by atoms with Crippen LogP contribution in [0, 0.1) is 13.8 Å². The molecule has 2 aromatic heterocycles. The van der Waals surface area contributed by atoms with Gasteiger partial charge in [-0.1, -0.05) is 13.3 Å². The molecule has 2 heterocycles. The van der Waals surface area contributed by atoms with E-state index >= 15 is 0 Å². The highest BCUT2D eigenvalue weighted by molar-refractivity contribution is 7.12. The first-order valence-electron chi connectivity index (χ1n) is 6.97. The molecule has 0 spiro atoms. The Morgan fingerprint density at radius 3 is 2.84 bits per heavy atom. The fourth-order valence-electron chi connectivity index (χ4n) is 2.35. The first-order valence-corrected chi connectivity index (χ1v) is 7.78. The summed E-state index contributed by atoms with van der Waals surface area (Å²) in [6, 6.07) is 2.62. The van der Waals surface area contributed by atoms with E-state index in [2.05, 4.69) is 54.8 Å². The van der Waals surface area contributed by atoms with E-state index in [1.54, 1.807) is 0 Å². The predicted octanol–water partition coefficient (Wildman–Crippen LogP) is 4.38. The van der Waals surface area contributed by atoms with Crippen LogP contribution in [-0.4, -0.2) is 16.1 Å². The number of nitrogens with one attached hydrogen (secondary N) is 1. The van der Waals surface area contributed by atoms with E-state index in [1.807, 2.05) is 17.5 Å².